The van der Waals surface area contributed by atoms with Crippen molar-refractivity contribution in [3.05, 3.63) is 38.9 Å². The molecule has 2 aromatic rings. The molecule has 7 nitrogen and oxygen atoms in total. The smallest absolute Gasteiger partial charge is 0.333 e. The average Bonchev–Trinajstić information content (AvgIpc) is 3.39. The Balaban J connectivity index is 1.33. The molecule has 0 spiro atoms. The van der Waals surface area contributed by atoms with Crippen molar-refractivity contribution in [1.82, 2.24) is 19.4 Å². The van der Waals surface area contributed by atoms with Gasteiger partial charge in [-0.2, -0.15) is 11.8 Å². The standard InChI is InChI=1S/C26H35FN4O3S/c27-18-15-22-24(28-16-18)30(21-11-13-35-14-12-21)26(34)31(25(22)33)20-8-6-19(7-9-20)29-23(32)10-5-17-3-1-2-4-17/h15-17,19-21H,1-14H2,(H,29,32)/t19-,20+. The van der Waals surface area contributed by atoms with Crippen LogP contribution < -0.4 is 16.6 Å². The largest absolute Gasteiger partial charge is 0.353 e. The average molecular weight is 503 g/mol. The lowest BCUT2D eigenvalue weighted by molar-refractivity contribution is -0.122. The lowest BCUT2D eigenvalue weighted by atomic mass is 9.90. The Labute approximate surface area is 208 Å². The van der Waals surface area contributed by atoms with E-state index in [2.05, 4.69) is 10.3 Å². The predicted molar refractivity (Wildman–Crippen MR) is 136 cm³/mol. The van der Waals surface area contributed by atoms with Gasteiger partial charge in [-0.3, -0.25) is 18.7 Å². The minimum Gasteiger partial charge on any atom is -0.353 e. The number of pyridine rings is 1. The molecule has 5 rings (SSSR count). The monoisotopic (exact) mass is 502 g/mol. The Bertz CT molecular complexity index is 1180. The highest BCUT2D eigenvalue weighted by Crippen LogP contribution is 2.31. The van der Waals surface area contributed by atoms with Gasteiger partial charge in [0, 0.05) is 24.5 Å². The van der Waals surface area contributed by atoms with E-state index in [4.69, 9.17) is 0 Å². The molecule has 1 saturated heterocycles. The molecular weight excluding hydrogens is 467 g/mol. The fraction of sp³-hybridized carbons (Fsp3) is 0.692. The quantitative estimate of drug-likeness (QED) is 0.635. The molecule has 1 amide bonds. The predicted octanol–water partition coefficient (Wildman–Crippen LogP) is 4.34. The SMILES string of the molecule is O=C(CCC1CCCC1)N[C@H]1CC[C@@H](n2c(=O)c3cc(F)cnc3n(C3CCSCC3)c2=O)CC1. The first-order valence-corrected chi connectivity index (χ1v) is 14.4. The highest BCUT2D eigenvalue weighted by atomic mass is 32.2. The van der Waals surface area contributed by atoms with E-state index in [1.165, 1.54) is 36.3 Å². The van der Waals surface area contributed by atoms with Gasteiger partial charge in [-0.1, -0.05) is 25.7 Å². The van der Waals surface area contributed by atoms with Gasteiger partial charge in [0.05, 0.1) is 11.6 Å². The van der Waals surface area contributed by atoms with Gasteiger partial charge < -0.3 is 5.32 Å². The van der Waals surface area contributed by atoms with Crippen LogP contribution in [0.2, 0.25) is 0 Å². The van der Waals surface area contributed by atoms with Crippen LogP contribution in [0.1, 0.15) is 89.1 Å². The lowest BCUT2D eigenvalue weighted by Crippen LogP contribution is -2.46. The second-order valence-corrected chi connectivity index (χ2v) is 11.7. The molecule has 2 aliphatic carbocycles. The van der Waals surface area contributed by atoms with Crippen molar-refractivity contribution in [1.29, 1.82) is 0 Å². The number of thioether (sulfide) groups is 1. The van der Waals surface area contributed by atoms with Crippen LogP contribution in [-0.2, 0) is 4.79 Å². The van der Waals surface area contributed by atoms with Gasteiger partial charge in [0.1, 0.15) is 11.5 Å². The van der Waals surface area contributed by atoms with E-state index in [1.54, 1.807) is 4.57 Å². The first-order chi connectivity index (χ1) is 17.0. The van der Waals surface area contributed by atoms with E-state index in [9.17, 15) is 18.8 Å². The van der Waals surface area contributed by atoms with Crippen LogP contribution in [0.15, 0.2) is 21.9 Å². The van der Waals surface area contributed by atoms with Gasteiger partial charge in [-0.05, 0) is 68.4 Å². The third kappa shape index (κ3) is 5.34. The zero-order valence-electron chi connectivity index (χ0n) is 20.2. The minimum atomic E-state index is -0.574. The Morgan fingerprint density at radius 1 is 1.00 bits per heavy atom. The normalized spacial score (nSPS) is 24.1. The third-order valence-electron chi connectivity index (χ3n) is 8.16. The van der Waals surface area contributed by atoms with Crippen molar-refractivity contribution >= 4 is 28.7 Å². The number of fused-ring (bicyclic) bond motifs is 1. The third-order valence-corrected chi connectivity index (χ3v) is 9.21. The summed E-state index contributed by atoms with van der Waals surface area (Å²) < 4.78 is 17.1. The Morgan fingerprint density at radius 2 is 1.69 bits per heavy atom. The Morgan fingerprint density at radius 3 is 2.40 bits per heavy atom. The molecule has 0 bridgehead atoms. The highest BCUT2D eigenvalue weighted by molar-refractivity contribution is 7.99. The maximum absolute atomic E-state index is 14.1. The number of aromatic nitrogens is 3. The van der Waals surface area contributed by atoms with Crippen molar-refractivity contribution in [2.75, 3.05) is 11.5 Å². The number of nitrogens with zero attached hydrogens (tertiary/aromatic N) is 3. The minimum absolute atomic E-state index is 0.0356. The molecule has 1 N–H and O–H groups in total. The Kier molecular flexibility index (Phi) is 7.60. The second-order valence-electron chi connectivity index (χ2n) is 10.5. The van der Waals surface area contributed by atoms with Gasteiger partial charge in [0.15, 0.2) is 0 Å². The number of carbonyl (C=O) groups is 1. The van der Waals surface area contributed by atoms with Crippen LogP contribution in [-0.4, -0.2) is 37.6 Å². The van der Waals surface area contributed by atoms with Crippen molar-refractivity contribution in [2.45, 2.75) is 95.2 Å². The molecule has 3 fully saturated rings. The van der Waals surface area contributed by atoms with Gasteiger partial charge in [-0.15, -0.1) is 0 Å². The van der Waals surface area contributed by atoms with Crippen LogP contribution in [0.3, 0.4) is 0 Å². The summed E-state index contributed by atoms with van der Waals surface area (Å²) >= 11 is 1.86. The summed E-state index contributed by atoms with van der Waals surface area (Å²) in [5.41, 5.74) is -0.497. The maximum atomic E-state index is 14.1. The number of amides is 1. The van der Waals surface area contributed by atoms with E-state index >= 15 is 0 Å². The van der Waals surface area contributed by atoms with Gasteiger partial charge in [-0.25, -0.2) is 14.2 Å². The van der Waals surface area contributed by atoms with E-state index in [0.29, 0.717) is 25.2 Å². The lowest BCUT2D eigenvalue weighted by Gasteiger charge is -2.31. The Hall–Kier alpha value is -2.16. The zero-order chi connectivity index (χ0) is 24.4. The van der Waals surface area contributed by atoms with Crippen LogP contribution in [0.25, 0.3) is 11.0 Å². The van der Waals surface area contributed by atoms with Crippen molar-refractivity contribution in [3.8, 4) is 0 Å². The molecule has 3 aliphatic rings. The summed E-state index contributed by atoms with van der Waals surface area (Å²) in [6, 6.07) is 1.01. The van der Waals surface area contributed by atoms with E-state index in [-0.39, 0.29) is 40.8 Å². The number of hydrogen-bond acceptors (Lipinski definition) is 5. The molecule has 190 valence electrons. The number of halogens is 1. The summed E-state index contributed by atoms with van der Waals surface area (Å²) in [4.78, 5) is 43.7. The highest BCUT2D eigenvalue weighted by Gasteiger charge is 2.29. The van der Waals surface area contributed by atoms with Crippen LogP contribution >= 0.6 is 11.8 Å². The van der Waals surface area contributed by atoms with Crippen molar-refractivity contribution < 1.29 is 9.18 Å². The van der Waals surface area contributed by atoms with E-state index < -0.39 is 11.4 Å². The summed E-state index contributed by atoms with van der Waals surface area (Å²) in [5.74, 6) is 2.13. The summed E-state index contributed by atoms with van der Waals surface area (Å²) in [6.45, 7) is 0. The summed E-state index contributed by atoms with van der Waals surface area (Å²) in [5, 5.41) is 3.34. The number of nitrogens with one attached hydrogen (secondary N) is 1. The molecule has 35 heavy (non-hydrogen) atoms. The fourth-order valence-corrected chi connectivity index (χ4v) is 7.29. The molecule has 0 radical (unpaired) electrons. The van der Waals surface area contributed by atoms with Crippen LogP contribution in [0, 0.1) is 11.7 Å². The molecule has 2 saturated carbocycles. The molecule has 0 aromatic carbocycles. The maximum Gasteiger partial charge on any atom is 0.333 e. The molecule has 9 heteroatoms. The van der Waals surface area contributed by atoms with Gasteiger partial charge in [0.25, 0.3) is 5.56 Å². The first kappa shape index (κ1) is 24.5. The number of rotatable bonds is 6. The number of hydrogen-bond donors (Lipinski definition) is 1. The van der Waals surface area contributed by atoms with Gasteiger partial charge >= 0.3 is 5.69 Å². The van der Waals surface area contributed by atoms with Crippen molar-refractivity contribution in [2.24, 2.45) is 5.92 Å². The zero-order valence-corrected chi connectivity index (χ0v) is 21.0. The molecule has 0 atom stereocenters. The van der Waals surface area contributed by atoms with Gasteiger partial charge in [0.2, 0.25) is 5.91 Å². The molecule has 3 heterocycles. The molecular formula is C26H35FN4O3S. The van der Waals surface area contributed by atoms with E-state index in [1.807, 2.05) is 11.8 Å². The second kappa shape index (κ2) is 10.8. The van der Waals surface area contributed by atoms with Crippen LogP contribution in [0.5, 0.6) is 0 Å². The molecule has 0 unspecified atom stereocenters. The first-order valence-electron chi connectivity index (χ1n) is 13.2. The molecule has 2 aromatic heterocycles. The fourth-order valence-electron chi connectivity index (χ4n) is 6.21. The number of carbonyl (C=O) groups excluding carboxylic acids is 1. The van der Waals surface area contributed by atoms with Crippen molar-refractivity contribution in [3.63, 3.8) is 0 Å². The molecule has 1 aliphatic heterocycles. The van der Waals surface area contributed by atoms with E-state index in [0.717, 1.165) is 49.8 Å². The topological polar surface area (TPSA) is 86.0 Å². The van der Waals surface area contributed by atoms with Crippen LogP contribution in [0.4, 0.5) is 4.39 Å². The summed E-state index contributed by atoms with van der Waals surface area (Å²) in [7, 11) is 0. The summed E-state index contributed by atoms with van der Waals surface area (Å²) in [6.07, 6.45) is 12.1.